The van der Waals surface area contributed by atoms with Crippen molar-refractivity contribution in [2.24, 2.45) is 5.14 Å². The zero-order valence-corrected chi connectivity index (χ0v) is 15.6. The number of hydrogen-bond acceptors (Lipinski definition) is 3. The highest BCUT2D eigenvalue weighted by Gasteiger charge is 2.11. The van der Waals surface area contributed by atoms with Gasteiger partial charge in [0.2, 0.25) is 15.9 Å². The summed E-state index contributed by atoms with van der Waals surface area (Å²) < 4.78 is 23.4. The Morgan fingerprint density at radius 2 is 1.62 bits per heavy atom. The predicted molar refractivity (Wildman–Crippen MR) is 97.0 cm³/mol. The Kier molecular flexibility index (Phi) is 6.15. The summed E-state index contributed by atoms with van der Waals surface area (Å²) in [7, 11) is -3.71. The van der Waals surface area contributed by atoms with E-state index in [1.165, 1.54) is 12.1 Å². The molecule has 1 amide bonds. The summed E-state index contributed by atoms with van der Waals surface area (Å²) in [6, 6.07) is 14.0. The monoisotopic (exact) mass is 410 g/mol. The Morgan fingerprint density at radius 3 is 2.17 bits per heavy atom. The van der Waals surface area contributed by atoms with Crippen molar-refractivity contribution in [3.8, 4) is 0 Å². The van der Waals surface area contributed by atoms with Crippen LogP contribution < -0.4 is 10.5 Å². The average Bonchev–Trinajstić information content (AvgIpc) is 2.49. The molecule has 7 heteroatoms. The molecule has 1 atom stereocenters. The summed E-state index contributed by atoms with van der Waals surface area (Å²) in [4.78, 5) is 12.1. The van der Waals surface area contributed by atoms with Crippen LogP contribution in [-0.4, -0.2) is 20.4 Å². The molecule has 0 aliphatic rings. The van der Waals surface area contributed by atoms with Gasteiger partial charge in [-0.15, -0.1) is 0 Å². The molecular formula is C17H19BrN2O3S. The van der Waals surface area contributed by atoms with Gasteiger partial charge in [0.15, 0.2) is 0 Å². The number of hydrogen-bond donors (Lipinski definition) is 2. The molecule has 0 radical (unpaired) electrons. The van der Waals surface area contributed by atoms with Crippen molar-refractivity contribution < 1.29 is 13.2 Å². The molecule has 0 aromatic heterocycles. The lowest BCUT2D eigenvalue weighted by molar-refractivity contribution is -0.121. The summed E-state index contributed by atoms with van der Waals surface area (Å²) in [6.45, 7) is 1.95. The predicted octanol–water partition coefficient (Wildman–Crippen LogP) is 2.39. The molecule has 3 N–H and O–H groups in total. The van der Waals surface area contributed by atoms with Crippen LogP contribution in [0.2, 0.25) is 0 Å². The number of primary sulfonamides is 1. The minimum absolute atomic E-state index is 0.00219. The van der Waals surface area contributed by atoms with Crippen LogP contribution in [0.25, 0.3) is 0 Å². The molecule has 2 aromatic rings. The summed E-state index contributed by atoms with van der Waals surface area (Å²) in [5.74, 6) is -0.108. The topological polar surface area (TPSA) is 89.3 Å². The van der Waals surface area contributed by atoms with Crippen molar-refractivity contribution in [1.29, 1.82) is 0 Å². The van der Waals surface area contributed by atoms with E-state index in [-0.39, 0.29) is 23.3 Å². The standard InChI is InChI=1S/C17H19BrN2O3S/c1-12(10-13-2-6-15(18)7-3-13)20-17(21)11-14-4-8-16(9-5-14)24(19,22)23/h2-9,12H,10-11H2,1H3,(H,20,21)(H2,19,22,23). The van der Waals surface area contributed by atoms with E-state index in [2.05, 4.69) is 21.2 Å². The van der Waals surface area contributed by atoms with Gasteiger partial charge in [0.1, 0.15) is 0 Å². The summed E-state index contributed by atoms with van der Waals surface area (Å²) >= 11 is 3.39. The van der Waals surface area contributed by atoms with Crippen LogP contribution in [0.1, 0.15) is 18.1 Å². The van der Waals surface area contributed by atoms with Crippen molar-refractivity contribution in [2.45, 2.75) is 30.7 Å². The van der Waals surface area contributed by atoms with Gasteiger partial charge in [0, 0.05) is 10.5 Å². The Balaban J connectivity index is 1.89. The van der Waals surface area contributed by atoms with E-state index < -0.39 is 10.0 Å². The fraction of sp³-hybridized carbons (Fsp3) is 0.235. The van der Waals surface area contributed by atoms with Gasteiger partial charge in [0.25, 0.3) is 0 Å². The number of carbonyl (C=O) groups excluding carboxylic acids is 1. The van der Waals surface area contributed by atoms with Gasteiger partial charge >= 0.3 is 0 Å². The number of rotatable bonds is 6. The van der Waals surface area contributed by atoms with Gasteiger partial charge in [-0.2, -0.15) is 0 Å². The summed E-state index contributed by atoms with van der Waals surface area (Å²) in [6.07, 6.45) is 0.930. The van der Waals surface area contributed by atoms with E-state index in [4.69, 9.17) is 5.14 Å². The highest BCUT2D eigenvalue weighted by molar-refractivity contribution is 9.10. The number of halogens is 1. The number of amides is 1. The lowest BCUT2D eigenvalue weighted by atomic mass is 10.1. The summed E-state index contributed by atoms with van der Waals surface area (Å²) in [5, 5.41) is 7.99. The van der Waals surface area contributed by atoms with E-state index in [1.54, 1.807) is 12.1 Å². The van der Waals surface area contributed by atoms with E-state index >= 15 is 0 Å². The first-order valence-electron chi connectivity index (χ1n) is 7.39. The van der Waals surface area contributed by atoms with Crippen molar-refractivity contribution in [1.82, 2.24) is 5.32 Å². The zero-order chi connectivity index (χ0) is 17.7. The Hall–Kier alpha value is -1.70. The number of benzene rings is 2. The third-order valence-corrected chi connectivity index (χ3v) is 4.94. The molecule has 0 fully saturated rings. The third-order valence-electron chi connectivity index (χ3n) is 3.48. The van der Waals surface area contributed by atoms with Crippen LogP contribution in [0, 0.1) is 0 Å². The minimum Gasteiger partial charge on any atom is -0.353 e. The molecule has 0 spiro atoms. The van der Waals surface area contributed by atoms with E-state index in [1.807, 2.05) is 31.2 Å². The molecule has 2 aromatic carbocycles. The smallest absolute Gasteiger partial charge is 0.238 e. The van der Waals surface area contributed by atoms with Gasteiger partial charge in [0.05, 0.1) is 11.3 Å². The van der Waals surface area contributed by atoms with Crippen LogP contribution >= 0.6 is 15.9 Å². The molecule has 0 aliphatic carbocycles. The molecule has 5 nitrogen and oxygen atoms in total. The molecular weight excluding hydrogens is 392 g/mol. The van der Waals surface area contributed by atoms with Crippen LogP contribution in [-0.2, 0) is 27.7 Å². The molecule has 0 bridgehead atoms. The van der Waals surface area contributed by atoms with Crippen molar-refractivity contribution in [3.05, 3.63) is 64.1 Å². The van der Waals surface area contributed by atoms with Crippen molar-refractivity contribution >= 4 is 31.9 Å². The van der Waals surface area contributed by atoms with Crippen LogP contribution in [0.15, 0.2) is 57.9 Å². The number of sulfonamides is 1. The molecule has 1 unspecified atom stereocenters. The first-order valence-corrected chi connectivity index (χ1v) is 9.73. The summed E-state index contributed by atoms with van der Waals surface area (Å²) in [5.41, 5.74) is 1.87. The highest BCUT2D eigenvalue weighted by Crippen LogP contribution is 2.12. The first kappa shape index (κ1) is 18.6. The van der Waals surface area contributed by atoms with Gasteiger partial charge in [-0.25, -0.2) is 13.6 Å². The molecule has 0 saturated heterocycles. The maximum atomic E-state index is 12.1. The van der Waals surface area contributed by atoms with E-state index in [0.717, 1.165) is 22.0 Å². The maximum Gasteiger partial charge on any atom is 0.238 e. The molecule has 128 valence electrons. The van der Waals surface area contributed by atoms with E-state index in [0.29, 0.717) is 0 Å². The quantitative estimate of drug-likeness (QED) is 0.765. The molecule has 0 aliphatic heterocycles. The average molecular weight is 411 g/mol. The fourth-order valence-electron chi connectivity index (χ4n) is 2.33. The lowest BCUT2D eigenvalue weighted by Crippen LogP contribution is -2.35. The molecule has 0 heterocycles. The van der Waals surface area contributed by atoms with Crippen molar-refractivity contribution in [3.63, 3.8) is 0 Å². The Morgan fingerprint density at radius 1 is 1.08 bits per heavy atom. The van der Waals surface area contributed by atoms with Gasteiger partial charge in [-0.1, -0.05) is 40.2 Å². The third kappa shape index (κ3) is 5.74. The second-order valence-electron chi connectivity index (χ2n) is 5.66. The van der Waals surface area contributed by atoms with Gasteiger partial charge < -0.3 is 5.32 Å². The normalized spacial score (nSPS) is 12.6. The zero-order valence-electron chi connectivity index (χ0n) is 13.2. The largest absolute Gasteiger partial charge is 0.353 e. The van der Waals surface area contributed by atoms with Crippen molar-refractivity contribution in [2.75, 3.05) is 0 Å². The Labute approximate surface area is 150 Å². The van der Waals surface area contributed by atoms with Crippen LogP contribution in [0.3, 0.4) is 0 Å². The van der Waals surface area contributed by atoms with Crippen LogP contribution in [0.5, 0.6) is 0 Å². The maximum absolute atomic E-state index is 12.1. The lowest BCUT2D eigenvalue weighted by Gasteiger charge is -2.14. The Bertz CT molecular complexity index is 803. The minimum atomic E-state index is -3.71. The molecule has 0 saturated carbocycles. The second kappa shape index (κ2) is 7.92. The number of nitrogens with one attached hydrogen (secondary N) is 1. The molecule has 2 rings (SSSR count). The van der Waals surface area contributed by atoms with E-state index in [9.17, 15) is 13.2 Å². The molecule has 24 heavy (non-hydrogen) atoms. The fourth-order valence-corrected chi connectivity index (χ4v) is 3.11. The number of nitrogens with two attached hydrogens (primary N) is 1. The van der Waals surface area contributed by atoms with Crippen LogP contribution in [0.4, 0.5) is 0 Å². The second-order valence-corrected chi connectivity index (χ2v) is 8.14. The van der Waals surface area contributed by atoms with Gasteiger partial charge in [-0.05, 0) is 48.7 Å². The SMILES string of the molecule is CC(Cc1ccc(Br)cc1)NC(=O)Cc1ccc(S(N)(=O)=O)cc1. The number of carbonyl (C=O) groups is 1. The first-order chi connectivity index (χ1) is 11.2. The highest BCUT2D eigenvalue weighted by atomic mass is 79.9. The van der Waals surface area contributed by atoms with Gasteiger partial charge in [-0.3, -0.25) is 4.79 Å².